The van der Waals surface area contributed by atoms with E-state index in [2.05, 4.69) is 12.2 Å². The van der Waals surface area contributed by atoms with Gasteiger partial charge in [0.15, 0.2) is 5.78 Å². The molecule has 24 heavy (non-hydrogen) atoms. The van der Waals surface area contributed by atoms with Crippen LogP contribution >= 0.6 is 0 Å². The Bertz CT molecular complexity index is 517. The second-order valence-electron chi connectivity index (χ2n) is 6.52. The maximum absolute atomic E-state index is 12.5. The smallest absolute Gasteiger partial charge is 0.338 e. The van der Waals surface area contributed by atoms with Crippen LogP contribution in [0.3, 0.4) is 0 Å². The molecule has 1 rings (SSSR count). The van der Waals surface area contributed by atoms with E-state index >= 15 is 0 Å². The molecule has 1 aliphatic rings. The number of ketones is 1. The number of ether oxygens (including phenoxy) is 1. The van der Waals surface area contributed by atoms with Gasteiger partial charge in [-0.15, -0.1) is 0 Å². The van der Waals surface area contributed by atoms with E-state index < -0.39 is 0 Å². The van der Waals surface area contributed by atoms with Crippen LogP contribution in [0.1, 0.15) is 73.1 Å². The van der Waals surface area contributed by atoms with Crippen molar-refractivity contribution in [2.24, 2.45) is 5.92 Å². The summed E-state index contributed by atoms with van der Waals surface area (Å²) in [6.07, 6.45) is 5.59. The van der Waals surface area contributed by atoms with Gasteiger partial charge in [0.25, 0.3) is 0 Å². The molecule has 0 amide bonds. The molecule has 0 fully saturated rings. The molecule has 0 aromatic rings. The van der Waals surface area contributed by atoms with Gasteiger partial charge in [-0.3, -0.25) is 4.79 Å². The van der Waals surface area contributed by atoms with E-state index in [4.69, 9.17) is 4.74 Å². The van der Waals surface area contributed by atoms with Crippen LogP contribution in [0.5, 0.6) is 0 Å². The fourth-order valence-corrected chi connectivity index (χ4v) is 2.91. The highest BCUT2D eigenvalue weighted by Gasteiger charge is 2.24. The van der Waals surface area contributed by atoms with Crippen molar-refractivity contribution in [1.82, 2.24) is 5.32 Å². The van der Waals surface area contributed by atoms with Crippen LogP contribution in [-0.2, 0) is 14.3 Å². The van der Waals surface area contributed by atoms with E-state index in [1.165, 1.54) is 0 Å². The Hall–Kier alpha value is -1.58. The lowest BCUT2D eigenvalue weighted by atomic mass is 9.87. The quantitative estimate of drug-likeness (QED) is 0.504. The van der Waals surface area contributed by atoms with Crippen molar-refractivity contribution in [1.29, 1.82) is 0 Å². The van der Waals surface area contributed by atoms with Crippen molar-refractivity contribution >= 4 is 11.8 Å². The first kappa shape index (κ1) is 20.5. The van der Waals surface area contributed by atoms with Crippen LogP contribution in [0.2, 0.25) is 0 Å². The number of rotatable bonds is 9. The second kappa shape index (κ2) is 10.3. The maximum atomic E-state index is 12.5. The molecule has 4 heteroatoms. The third-order valence-electron chi connectivity index (χ3n) is 4.84. The first-order valence-corrected chi connectivity index (χ1v) is 9.31. The highest BCUT2D eigenvalue weighted by molar-refractivity contribution is 5.94. The molecule has 0 saturated carbocycles. The number of Topliss-reactive ketones (excluding diaryl/α,β-unsaturated/α-hetero) is 1. The number of carbonyl (C=O) groups excluding carboxylic acids is 2. The minimum atomic E-state index is -0.235. The summed E-state index contributed by atoms with van der Waals surface area (Å²) in [5, 5.41) is 3.33. The molecule has 0 saturated heterocycles. The Morgan fingerprint density at radius 1 is 1.17 bits per heavy atom. The van der Waals surface area contributed by atoms with Crippen molar-refractivity contribution in [3.63, 3.8) is 0 Å². The standard InChI is InChI=1S/C20H33NO3/c1-6-14(4)18(22)13-21-17-12-10-9-11-16(17)19(15(5)7-2)20(23)24-8-3/h14,21H,6-13H2,1-5H3. The topological polar surface area (TPSA) is 55.4 Å². The summed E-state index contributed by atoms with van der Waals surface area (Å²) in [6, 6.07) is 0. The van der Waals surface area contributed by atoms with Gasteiger partial charge >= 0.3 is 5.97 Å². The fourth-order valence-electron chi connectivity index (χ4n) is 2.91. The summed E-state index contributed by atoms with van der Waals surface area (Å²) in [6.45, 7) is 10.6. The third kappa shape index (κ3) is 5.50. The lowest BCUT2D eigenvalue weighted by Gasteiger charge is -2.24. The molecule has 1 aliphatic carbocycles. The zero-order chi connectivity index (χ0) is 18.1. The summed E-state index contributed by atoms with van der Waals surface area (Å²) >= 11 is 0. The van der Waals surface area contributed by atoms with Crippen molar-refractivity contribution in [3.8, 4) is 0 Å². The van der Waals surface area contributed by atoms with E-state index in [0.717, 1.165) is 60.9 Å². The van der Waals surface area contributed by atoms with Crippen molar-refractivity contribution in [2.75, 3.05) is 13.2 Å². The molecular weight excluding hydrogens is 302 g/mol. The van der Waals surface area contributed by atoms with Gasteiger partial charge in [-0.1, -0.05) is 26.3 Å². The Labute approximate surface area is 146 Å². The van der Waals surface area contributed by atoms with Crippen LogP contribution < -0.4 is 5.32 Å². The Morgan fingerprint density at radius 3 is 2.42 bits per heavy atom. The van der Waals surface area contributed by atoms with Crippen molar-refractivity contribution in [3.05, 3.63) is 22.4 Å². The molecule has 1 unspecified atom stereocenters. The van der Waals surface area contributed by atoms with Crippen molar-refractivity contribution < 1.29 is 14.3 Å². The Kier molecular flexibility index (Phi) is 8.80. The van der Waals surface area contributed by atoms with Gasteiger partial charge in [0.05, 0.1) is 18.7 Å². The molecule has 136 valence electrons. The largest absolute Gasteiger partial charge is 0.462 e. The molecule has 0 spiro atoms. The van der Waals surface area contributed by atoms with Crippen LogP contribution in [0.15, 0.2) is 22.4 Å². The Balaban J connectivity index is 3.09. The molecule has 0 aromatic heterocycles. The number of carbonyl (C=O) groups is 2. The van der Waals surface area contributed by atoms with Gasteiger partial charge in [-0.25, -0.2) is 4.79 Å². The Morgan fingerprint density at radius 2 is 1.83 bits per heavy atom. The van der Waals surface area contributed by atoms with Gasteiger partial charge in [0.2, 0.25) is 0 Å². The minimum Gasteiger partial charge on any atom is -0.462 e. The van der Waals surface area contributed by atoms with E-state index in [1.807, 2.05) is 27.7 Å². The zero-order valence-electron chi connectivity index (χ0n) is 16.0. The predicted molar refractivity (Wildman–Crippen MR) is 97.6 cm³/mol. The summed E-state index contributed by atoms with van der Waals surface area (Å²) in [7, 11) is 0. The summed E-state index contributed by atoms with van der Waals surface area (Å²) in [5.74, 6) is 0.0627. The number of allylic oxidation sites excluding steroid dienone is 2. The van der Waals surface area contributed by atoms with E-state index in [0.29, 0.717) is 13.2 Å². The van der Waals surface area contributed by atoms with Gasteiger partial charge < -0.3 is 10.1 Å². The molecule has 0 heterocycles. The molecule has 0 radical (unpaired) electrons. The first-order chi connectivity index (χ1) is 11.5. The lowest BCUT2D eigenvalue weighted by molar-refractivity contribution is -0.138. The third-order valence-corrected chi connectivity index (χ3v) is 4.84. The summed E-state index contributed by atoms with van der Waals surface area (Å²) in [4.78, 5) is 24.6. The molecular formula is C20H33NO3. The molecule has 1 atom stereocenters. The lowest BCUT2D eigenvalue weighted by Crippen LogP contribution is -2.29. The second-order valence-corrected chi connectivity index (χ2v) is 6.52. The number of hydrogen-bond donors (Lipinski definition) is 1. The summed E-state index contributed by atoms with van der Waals surface area (Å²) < 4.78 is 5.28. The monoisotopic (exact) mass is 335 g/mol. The van der Waals surface area contributed by atoms with Crippen LogP contribution in [0.25, 0.3) is 0 Å². The predicted octanol–water partition coefficient (Wildman–Crippen LogP) is 4.31. The molecule has 0 aromatic carbocycles. The van der Waals surface area contributed by atoms with E-state index in [1.54, 1.807) is 0 Å². The molecule has 1 N–H and O–H groups in total. The SMILES string of the molecule is CCOC(=O)C(=C(C)CC)C1=C(NCC(=O)C(C)CC)CCCC1. The van der Waals surface area contributed by atoms with Gasteiger partial charge in [0, 0.05) is 11.6 Å². The van der Waals surface area contributed by atoms with Gasteiger partial charge in [-0.05, 0) is 57.9 Å². The zero-order valence-corrected chi connectivity index (χ0v) is 16.0. The number of hydrogen-bond acceptors (Lipinski definition) is 4. The minimum absolute atomic E-state index is 0.0718. The van der Waals surface area contributed by atoms with Crippen LogP contribution in [0, 0.1) is 5.92 Å². The van der Waals surface area contributed by atoms with Crippen molar-refractivity contribution in [2.45, 2.75) is 73.1 Å². The molecule has 4 nitrogen and oxygen atoms in total. The average molecular weight is 335 g/mol. The molecule has 0 bridgehead atoms. The molecule has 0 aliphatic heterocycles. The van der Waals surface area contributed by atoms with Crippen LogP contribution in [0.4, 0.5) is 0 Å². The maximum Gasteiger partial charge on any atom is 0.338 e. The summed E-state index contributed by atoms with van der Waals surface area (Å²) in [5.41, 5.74) is 3.88. The van der Waals surface area contributed by atoms with E-state index in [9.17, 15) is 9.59 Å². The van der Waals surface area contributed by atoms with E-state index in [-0.39, 0.29) is 17.7 Å². The normalized spacial score (nSPS) is 17.2. The van der Waals surface area contributed by atoms with Gasteiger partial charge in [0.1, 0.15) is 0 Å². The number of esters is 1. The number of nitrogens with one attached hydrogen (secondary N) is 1. The first-order valence-electron chi connectivity index (χ1n) is 9.31. The fraction of sp³-hybridized carbons (Fsp3) is 0.700. The average Bonchev–Trinajstić information content (AvgIpc) is 2.60. The highest BCUT2D eigenvalue weighted by atomic mass is 16.5. The van der Waals surface area contributed by atoms with Crippen LogP contribution in [-0.4, -0.2) is 24.9 Å². The highest BCUT2D eigenvalue weighted by Crippen LogP contribution is 2.31. The van der Waals surface area contributed by atoms with Gasteiger partial charge in [-0.2, -0.15) is 0 Å².